The summed E-state index contributed by atoms with van der Waals surface area (Å²) < 4.78 is 27.5. The Kier molecular flexibility index (Phi) is 7.45. The number of benzene rings is 2. The maximum atomic E-state index is 14.0. The Hall–Kier alpha value is -2.55. The second kappa shape index (κ2) is 10.2. The van der Waals surface area contributed by atoms with Crippen LogP contribution in [0.3, 0.4) is 0 Å². The monoisotopic (exact) mass is 505 g/mol. The molecular weight excluding hydrogens is 476 g/mol. The van der Waals surface area contributed by atoms with E-state index in [2.05, 4.69) is 5.32 Å². The molecule has 1 saturated heterocycles. The molecule has 6 nitrogen and oxygen atoms in total. The Morgan fingerprint density at radius 3 is 2.54 bits per heavy atom. The number of nitrogens with one attached hydrogen (secondary N) is 1. The smallest absolute Gasteiger partial charge is 0.230 e. The fraction of sp³-hybridized carbons (Fsp3) is 0.462. The van der Waals surface area contributed by atoms with Gasteiger partial charge in [0.1, 0.15) is 5.60 Å². The maximum Gasteiger partial charge on any atom is 0.230 e. The van der Waals surface area contributed by atoms with Crippen molar-refractivity contribution in [3.63, 3.8) is 0 Å². The van der Waals surface area contributed by atoms with Crippen LogP contribution in [0.1, 0.15) is 42.9 Å². The standard InChI is InChI=1S/C26H30ClF2N3O3/c1-16(33)31(2)14-17-3-7-22(27)18(11-17)15-32(20-5-6-20)25(34)21-13-30-10-9-26(21,35)19-4-8-23(28)24(29)12-19/h3-4,7-8,11-12,20-21,30,35H,5-6,9-10,13-15H2,1-2H3/t21-,26+/m1/s1. The molecule has 35 heavy (non-hydrogen) atoms. The van der Waals surface area contributed by atoms with Gasteiger partial charge in [-0.3, -0.25) is 9.59 Å². The van der Waals surface area contributed by atoms with Gasteiger partial charge in [-0.05, 0) is 60.7 Å². The lowest BCUT2D eigenvalue weighted by Gasteiger charge is -2.42. The van der Waals surface area contributed by atoms with Crippen molar-refractivity contribution < 1.29 is 23.5 Å². The van der Waals surface area contributed by atoms with E-state index in [9.17, 15) is 23.5 Å². The number of carbonyl (C=O) groups is 2. The summed E-state index contributed by atoms with van der Waals surface area (Å²) in [5.74, 6) is -3.24. The Morgan fingerprint density at radius 1 is 1.14 bits per heavy atom. The molecule has 9 heteroatoms. The number of hydrogen-bond donors (Lipinski definition) is 2. The van der Waals surface area contributed by atoms with Crippen LogP contribution in [-0.4, -0.2) is 52.9 Å². The van der Waals surface area contributed by atoms with Crippen LogP contribution < -0.4 is 5.32 Å². The van der Waals surface area contributed by atoms with E-state index in [1.54, 1.807) is 22.9 Å². The maximum absolute atomic E-state index is 14.0. The molecule has 0 unspecified atom stereocenters. The molecule has 2 amide bonds. The van der Waals surface area contributed by atoms with E-state index in [4.69, 9.17) is 11.6 Å². The van der Waals surface area contributed by atoms with E-state index < -0.39 is 23.2 Å². The molecule has 1 saturated carbocycles. The van der Waals surface area contributed by atoms with Crippen LogP contribution in [0.25, 0.3) is 0 Å². The molecule has 2 aliphatic rings. The van der Waals surface area contributed by atoms with Crippen molar-refractivity contribution >= 4 is 23.4 Å². The van der Waals surface area contributed by atoms with Crippen molar-refractivity contribution in [2.24, 2.45) is 5.92 Å². The van der Waals surface area contributed by atoms with E-state index in [1.807, 2.05) is 12.1 Å². The number of rotatable bonds is 7. The number of piperidine rings is 1. The highest BCUT2D eigenvalue weighted by Crippen LogP contribution is 2.40. The third-order valence-corrected chi connectivity index (χ3v) is 7.37. The molecule has 1 aliphatic heterocycles. The van der Waals surface area contributed by atoms with E-state index in [-0.39, 0.29) is 42.9 Å². The van der Waals surface area contributed by atoms with Crippen LogP contribution >= 0.6 is 11.6 Å². The molecular formula is C26H30ClF2N3O3. The van der Waals surface area contributed by atoms with Crippen LogP contribution in [-0.2, 0) is 28.3 Å². The Morgan fingerprint density at radius 2 is 1.89 bits per heavy atom. The molecule has 1 heterocycles. The lowest BCUT2D eigenvalue weighted by Crippen LogP contribution is -2.55. The normalized spacial score (nSPS) is 22.1. The van der Waals surface area contributed by atoms with Crippen LogP contribution in [0.15, 0.2) is 36.4 Å². The number of nitrogens with zero attached hydrogens (tertiary/aromatic N) is 2. The SMILES string of the molecule is CC(=O)N(C)Cc1ccc(Cl)c(CN(C(=O)[C@H]2CNCC[C@]2(O)c2ccc(F)c(F)c2)C2CC2)c1. The van der Waals surface area contributed by atoms with Gasteiger partial charge in [0.2, 0.25) is 11.8 Å². The fourth-order valence-corrected chi connectivity index (χ4v) is 4.84. The molecule has 0 spiro atoms. The summed E-state index contributed by atoms with van der Waals surface area (Å²) in [4.78, 5) is 28.8. The zero-order valence-electron chi connectivity index (χ0n) is 19.9. The molecule has 2 fully saturated rings. The second-order valence-corrected chi connectivity index (χ2v) is 9.97. The highest BCUT2D eigenvalue weighted by molar-refractivity contribution is 6.31. The lowest BCUT2D eigenvalue weighted by molar-refractivity contribution is -0.150. The number of carbonyl (C=O) groups excluding carboxylic acids is 2. The van der Waals surface area contributed by atoms with Crippen LogP contribution in [0.2, 0.25) is 5.02 Å². The van der Waals surface area contributed by atoms with Gasteiger partial charge in [-0.15, -0.1) is 0 Å². The average Bonchev–Trinajstić information content (AvgIpc) is 3.66. The second-order valence-electron chi connectivity index (χ2n) is 9.56. The lowest BCUT2D eigenvalue weighted by atomic mass is 9.75. The number of hydrogen-bond acceptors (Lipinski definition) is 4. The molecule has 188 valence electrons. The Balaban J connectivity index is 1.61. The Bertz CT molecular complexity index is 1130. The van der Waals surface area contributed by atoms with Crippen molar-refractivity contribution in [2.75, 3.05) is 20.1 Å². The van der Waals surface area contributed by atoms with Gasteiger partial charge < -0.3 is 20.2 Å². The molecule has 0 bridgehead atoms. The average molecular weight is 506 g/mol. The molecule has 2 N–H and O–H groups in total. The topological polar surface area (TPSA) is 72.9 Å². The van der Waals surface area contributed by atoms with Gasteiger partial charge in [-0.25, -0.2) is 8.78 Å². The molecule has 4 rings (SSSR count). The Labute approximate surface area is 208 Å². The minimum atomic E-state index is -1.63. The summed E-state index contributed by atoms with van der Waals surface area (Å²) in [7, 11) is 1.71. The number of halogens is 3. The third-order valence-electron chi connectivity index (χ3n) is 7.00. The number of aliphatic hydroxyl groups is 1. The largest absolute Gasteiger partial charge is 0.384 e. The van der Waals surface area contributed by atoms with Gasteiger partial charge in [0.25, 0.3) is 0 Å². The first-order chi connectivity index (χ1) is 16.6. The van der Waals surface area contributed by atoms with Crippen molar-refractivity contribution in [3.8, 4) is 0 Å². The summed E-state index contributed by atoms with van der Waals surface area (Å²) in [5, 5.41) is 15.3. The van der Waals surface area contributed by atoms with Gasteiger partial charge in [0.15, 0.2) is 11.6 Å². The molecule has 2 aromatic rings. The van der Waals surface area contributed by atoms with E-state index in [1.165, 1.54) is 13.0 Å². The van der Waals surface area contributed by atoms with Crippen LogP contribution in [0.5, 0.6) is 0 Å². The molecule has 0 radical (unpaired) electrons. The van der Waals surface area contributed by atoms with Crippen molar-refractivity contribution in [2.45, 2.75) is 50.9 Å². The van der Waals surface area contributed by atoms with Crippen LogP contribution in [0, 0.1) is 17.6 Å². The molecule has 0 aromatic heterocycles. The van der Waals surface area contributed by atoms with Gasteiger partial charge >= 0.3 is 0 Å². The quantitative estimate of drug-likeness (QED) is 0.603. The van der Waals surface area contributed by atoms with E-state index in [0.717, 1.165) is 36.1 Å². The molecule has 2 atom stereocenters. The molecule has 2 aromatic carbocycles. The predicted octanol–water partition coefficient (Wildman–Crippen LogP) is 3.58. The third kappa shape index (κ3) is 5.50. The van der Waals surface area contributed by atoms with Gasteiger partial charge in [-0.1, -0.05) is 29.8 Å². The van der Waals surface area contributed by atoms with Crippen LogP contribution in [0.4, 0.5) is 8.78 Å². The van der Waals surface area contributed by atoms with E-state index in [0.29, 0.717) is 18.1 Å². The first-order valence-corrected chi connectivity index (χ1v) is 12.2. The van der Waals surface area contributed by atoms with E-state index >= 15 is 0 Å². The van der Waals surface area contributed by atoms with Gasteiger partial charge in [0, 0.05) is 44.7 Å². The predicted molar refractivity (Wildman–Crippen MR) is 128 cm³/mol. The first-order valence-electron chi connectivity index (χ1n) is 11.8. The highest BCUT2D eigenvalue weighted by Gasteiger charge is 2.48. The van der Waals surface area contributed by atoms with Crippen molar-refractivity contribution in [1.29, 1.82) is 0 Å². The summed E-state index contributed by atoms with van der Waals surface area (Å²) in [6.45, 7) is 2.83. The summed E-state index contributed by atoms with van der Waals surface area (Å²) in [6, 6.07) is 8.83. The summed E-state index contributed by atoms with van der Waals surface area (Å²) in [6.07, 6.45) is 1.89. The zero-order valence-corrected chi connectivity index (χ0v) is 20.6. The van der Waals surface area contributed by atoms with Crippen molar-refractivity contribution in [3.05, 3.63) is 69.7 Å². The van der Waals surface area contributed by atoms with Crippen molar-refractivity contribution in [1.82, 2.24) is 15.1 Å². The fourth-order valence-electron chi connectivity index (χ4n) is 4.66. The minimum absolute atomic E-state index is 0.0262. The highest BCUT2D eigenvalue weighted by atomic mass is 35.5. The minimum Gasteiger partial charge on any atom is -0.384 e. The molecule has 1 aliphatic carbocycles. The number of amides is 2. The first kappa shape index (κ1) is 25.5. The summed E-state index contributed by atoms with van der Waals surface area (Å²) in [5.41, 5.74) is 0.212. The van der Waals surface area contributed by atoms with Gasteiger partial charge in [0.05, 0.1) is 5.92 Å². The zero-order chi connectivity index (χ0) is 25.3. The van der Waals surface area contributed by atoms with Gasteiger partial charge in [-0.2, -0.15) is 0 Å². The summed E-state index contributed by atoms with van der Waals surface area (Å²) >= 11 is 6.48.